The van der Waals surface area contributed by atoms with Gasteiger partial charge in [0.15, 0.2) is 0 Å². The maximum absolute atomic E-state index is 12.9. The van der Waals surface area contributed by atoms with Crippen molar-refractivity contribution in [2.45, 2.75) is 19.3 Å². The van der Waals surface area contributed by atoms with Gasteiger partial charge in [0.1, 0.15) is 5.82 Å². The summed E-state index contributed by atoms with van der Waals surface area (Å²) < 4.78 is 0. The van der Waals surface area contributed by atoms with Gasteiger partial charge in [0.2, 0.25) is 11.8 Å². The van der Waals surface area contributed by atoms with Crippen LogP contribution in [0.2, 0.25) is 0 Å². The van der Waals surface area contributed by atoms with Crippen LogP contribution < -0.4 is 10.6 Å². The average molecular weight is 352 g/mol. The molecule has 0 saturated carbocycles. The number of pyridine rings is 1. The predicted octanol–water partition coefficient (Wildman–Crippen LogP) is 2.02. The first kappa shape index (κ1) is 17.9. The van der Waals surface area contributed by atoms with E-state index in [-0.39, 0.29) is 11.8 Å². The average Bonchev–Trinajstić information content (AvgIpc) is 2.69. The van der Waals surface area contributed by atoms with Gasteiger partial charge in [-0.05, 0) is 24.1 Å². The van der Waals surface area contributed by atoms with Gasteiger partial charge in [0.25, 0.3) is 0 Å². The largest absolute Gasteiger partial charge is 0.366 e. The van der Waals surface area contributed by atoms with Gasteiger partial charge >= 0.3 is 0 Å². The van der Waals surface area contributed by atoms with E-state index in [2.05, 4.69) is 16.8 Å². The van der Waals surface area contributed by atoms with Crippen molar-refractivity contribution >= 4 is 17.6 Å². The summed E-state index contributed by atoms with van der Waals surface area (Å²) in [5.41, 5.74) is 6.72. The van der Waals surface area contributed by atoms with Gasteiger partial charge in [-0.25, -0.2) is 4.98 Å². The summed E-state index contributed by atoms with van der Waals surface area (Å²) in [6.45, 7) is 4.83. The molecular formula is C20H24N4O2. The molecular weight excluding hydrogens is 328 g/mol. The molecule has 26 heavy (non-hydrogen) atoms. The van der Waals surface area contributed by atoms with Crippen LogP contribution in [0.1, 0.15) is 35.2 Å². The van der Waals surface area contributed by atoms with Crippen LogP contribution >= 0.6 is 0 Å². The lowest BCUT2D eigenvalue weighted by atomic mass is 9.95. The fraction of sp³-hybridized carbons (Fsp3) is 0.350. The van der Waals surface area contributed by atoms with E-state index in [0.717, 1.165) is 30.9 Å². The molecule has 6 heteroatoms. The first-order valence-corrected chi connectivity index (χ1v) is 8.94. The van der Waals surface area contributed by atoms with Gasteiger partial charge in [-0.3, -0.25) is 9.59 Å². The first-order valence-electron chi connectivity index (χ1n) is 8.94. The number of nitrogens with zero attached hydrogens (tertiary/aromatic N) is 3. The Bertz CT molecular complexity index is 753. The maximum atomic E-state index is 12.9. The fourth-order valence-electron chi connectivity index (χ4n) is 3.33. The van der Waals surface area contributed by atoms with Crippen LogP contribution in [-0.2, 0) is 4.79 Å². The zero-order chi connectivity index (χ0) is 18.5. The van der Waals surface area contributed by atoms with E-state index >= 15 is 0 Å². The van der Waals surface area contributed by atoms with Crippen molar-refractivity contribution in [3.63, 3.8) is 0 Å². The van der Waals surface area contributed by atoms with E-state index in [1.54, 1.807) is 12.1 Å². The predicted molar refractivity (Wildman–Crippen MR) is 101 cm³/mol. The lowest BCUT2D eigenvalue weighted by Crippen LogP contribution is -2.50. The Hall–Kier alpha value is -2.89. The van der Waals surface area contributed by atoms with Gasteiger partial charge in [-0.2, -0.15) is 0 Å². The summed E-state index contributed by atoms with van der Waals surface area (Å²) in [4.78, 5) is 32.5. The molecule has 2 aromatic rings. The zero-order valence-electron chi connectivity index (χ0n) is 15.0. The summed E-state index contributed by atoms with van der Waals surface area (Å²) in [6, 6.07) is 13.4. The summed E-state index contributed by atoms with van der Waals surface area (Å²) in [7, 11) is 0. The van der Waals surface area contributed by atoms with Crippen LogP contribution in [0.3, 0.4) is 0 Å². The second kappa shape index (κ2) is 7.99. The normalized spacial score (nSPS) is 15.6. The Kier molecular flexibility index (Phi) is 5.51. The number of amides is 2. The smallest absolute Gasteiger partial charge is 0.250 e. The lowest BCUT2D eigenvalue weighted by Gasteiger charge is -2.37. The van der Waals surface area contributed by atoms with Gasteiger partial charge in [0, 0.05) is 32.4 Å². The molecule has 136 valence electrons. The molecule has 1 aliphatic heterocycles. The molecule has 2 N–H and O–H groups in total. The highest BCUT2D eigenvalue weighted by Gasteiger charge is 2.27. The third kappa shape index (κ3) is 3.85. The van der Waals surface area contributed by atoms with Crippen molar-refractivity contribution in [1.29, 1.82) is 0 Å². The van der Waals surface area contributed by atoms with Crippen molar-refractivity contribution in [3.05, 3.63) is 59.8 Å². The molecule has 1 atom stereocenters. The number of hydrogen-bond acceptors (Lipinski definition) is 4. The number of anilines is 1. The third-order valence-electron chi connectivity index (χ3n) is 4.86. The summed E-state index contributed by atoms with van der Waals surface area (Å²) in [5.74, 6) is 0.425. The van der Waals surface area contributed by atoms with Crippen LogP contribution in [0.5, 0.6) is 0 Å². The molecule has 0 spiro atoms. The first-order chi connectivity index (χ1) is 12.6. The highest BCUT2D eigenvalue weighted by molar-refractivity contribution is 5.92. The number of rotatable bonds is 5. The Morgan fingerprint density at radius 2 is 1.77 bits per heavy atom. The maximum Gasteiger partial charge on any atom is 0.250 e. The molecule has 1 aliphatic rings. The van der Waals surface area contributed by atoms with Gasteiger partial charge in [-0.1, -0.05) is 37.3 Å². The van der Waals surface area contributed by atoms with E-state index in [1.165, 1.54) is 6.20 Å². The Morgan fingerprint density at radius 1 is 1.08 bits per heavy atom. The van der Waals surface area contributed by atoms with E-state index in [4.69, 9.17) is 5.73 Å². The van der Waals surface area contributed by atoms with Gasteiger partial charge in [0.05, 0.1) is 11.5 Å². The van der Waals surface area contributed by atoms with Crippen molar-refractivity contribution < 1.29 is 9.59 Å². The van der Waals surface area contributed by atoms with Crippen molar-refractivity contribution in [1.82, 2.24) is 9.88 Å². The zero-order valence-corrected chi connectivity index (χ0v) is 15.0. The van der Waals surface area contributed by atoms with Crippen LogP contribution in [0.4, 0.5) is 5.82 Å². The van der Waals surface area contributed by atoms with Gasteiger partial charge in [-0.15, -0.1) is 0 Å². The number of aromatic nitrogens is 1. The molecule has 6 nitrogen and oxygen atoms in total. The van der Waals surface area contributed by atoms with Crippen LogP contribution in [0, 0.1) is 0 Å². The molecule has 1 fully saturated rings. The van der Waals surface area contributed by atoms with Crippen molar-refractivity contribution in [2.75, 3.05) is 31.1 Å². The number of hydrogen-bond donors (Lipinski definition) is 1. The number of piperazine rings is 1. The molecule has 2 amide bonds. The van der Waals surface area contributed by atoms with Crippen LogP contribution in [0.25, 0.3) is 0 Å². The van der Waals surface area contributed by atoms with Crippen molar-refractivity contribution in [3.8, 4) is 0 Å². The highest BCUT2D eigenvalue weighted by atomic mass is 16.2. The van der Waals surface area contributed by atoms with Crippen molar-refractivity contribution in [2.24, 2.45) is 5.73 Å². The number of primary amides is 1. The second-order valence-corrected chi connectivity index (χ2v) is 6.45. The number of carbonyl (C=O) groups excluding carboxylic acids is 2. The molecule has 1 aromatic heterocycles. The second-order valence-electron chi connectivity index (χ2n) is 6.45. The number of carbonyl (C=O) groups is 2. The Morgan fingerprint density at radius 3 is 2.31 bits per heavy atom. The topological polar surface area (TPSA) is 79.5 Å². The molecule has 2 heterocycles. The summed E-state index contributed by atoms with van der Waals surface area (Å²) in [6.07, 6.45) is 2.29. The minimum Gasteiger partial charge on any atom is -0.366 e. The highest BCUT2D eigenvalue weighted by Crippen LogP contribution is 2.23. The molecule has 1 unspecified atom stereocenters. The monoisotopic (exact) mass is 352 g/mol. The molecule has 3 rings (SSSR count). The van der Waals surface area contributed by atoms with Crippen LogP contribution in [-0.4, -0.2) is 47.9 Å². The molecule has 0 bridgehead atoms. The third-order valence-corrected chi connectivity index (χ3v) is 4.86. The van der Waals surface area contributed by atoms with E-state index in [9.17, 15) is 9.59 Å². The summed E-state index contributed by atoms with van der Waals surface area (Å²) >= 11 is 0. The Labute approximate surface area is 153 Å². The minimum absolute atomic E-state index is 0.0873. The van der Waals surface area contributed by atoms with E-state index < -0.39 is 5.91 Å². The molecule has 0 radical (unpaired) electrons. The van der Waals surface area contributed by atoms with E-state index in [1.807, 2.05) is 35.2 Å². The molecule has 0 aliphatic carbocycles. The SMILES string of the molecule is CCC(C(=O)N1CCN(c2ccc(C(N)=O)cn2)CC1)c1ccccc1. The summed E-state index contributed by atoms with van der Waals surface area (Å²) in [5, 5.41) is 0. The fourth-order valence-corrected chi connectivity index (χ4v) is 3.33. The van der Waals surface area contributed by atoms with E-state index in [0.29, 0.717) is 18.7 Å². The molecule has 1 aromatic carbocycles. The number of nitrogens with two attached hydrogens (primary N) is 1. The Balaban J connectivity index is 1.62. The molecule has 1 saturated heterocycles. The lowest BCUT2D eigenvalue weighted by molar-refractivity contribution is -0.133. The number of benzene rings is 1. The van der Waals surface area contributed by atoms with Gasteiger partial charge < -0.3 is 15.5 Å². The van der Waals surface area contributed by atoms with Crippen LogP contribution in [0.15, 0.2) is 48.7 Å². The quantitative estimate of drug-likeness (QED) is 0.893. The standard InChI is InChI=1S/C20H24N4O2/c1-2-17(15-6-4-3-5-7-15)20(26)24-12-10-23(11-13-24)18-9-8-16(14-22-18)19(21)25/h3-9,14,17H,2,10-13H2,1H3,(H2,21,25). The minimum atomic E-state index is -0.481.